The van der Waals surface area contributed by atoms with Gasteiger partial charge in [-0.25, -0.2) is 4.79 Å². The second kappa shape index (κ2) is 10.2. The standard InChI is InChI=1S/C25H18N4O5S2/c1-32-19-13-15(9-10-18(19)34-24(31)20-8-5-11-35-20)12-17-22(26)29-25(27-23(17)30)36-21(28-29)14-33-16-6-3-2-4-7-16/h2-13,26H,14H2,1H3/b17-12+,26-22?. The first-order chi connectivity index (χ1) is 17.5. The Kier molecular flexibility index (Phi) is 6.65. The summed E-state index contributed by atoms with van der Waals surface area (Å²) in [5.74, 6) is 0.107. The molecule has 0 bridgehead atoms. The highest BCUT2D eigenvalue weighted by molar-refractivity contribution is 8.27. The molecule has 5 rings (SSSR count). The maximum absolute atomic E-state index is 12.7. The molecule has 0 atom stereocenters. The van der Waals surface area contributed by atoms with E-state index < -0.39 is 11.9 Å². The molecule has 36 heavy (non-hydrogen) atoms. The summed E-state index contributed by atoms with van der Waals surface area (Å²) in [7, 11) is 1.45. The van der Waals surface area contributed by atoms with Gasteiger partial charge in [0.05, 0.1) is 12.7 Å². The third-order valence-corrected chi connectivity index (χ3v) is 6.76. The molecule has 9 nitrogen and oxygen atoms in total. The van der Waals surface area contributed by atoms with Gasteiger partial charge in [0.15, 0.2) is 17.3 Å². The van der Waals surface area contributed by atoms with Crippen LogP contribution < -0.4 is 14.2 Å². The van der Waals surface area contributed by atoms with Crippen LogP contribution in [-0.4, -0.2) is 46.6 Å². The number of ether oxygens (including phenoxy) is 3. The summed E-state index contributed by atoms with van der Waals surface area (Å²) in [5, 5.41) is 16.9. The Morgan fingerprint density at radius 1 is 1.11 bits per heavy atom. The van der Waals surface area contributed by atoms with Crippen LogP contribution in [0.25, 0.3) is 6.08 Å². The maximum atomic E-state index is 12.7. The number of amides is 1. The Balaban J connectivity index is 1.33. The number of methoxy groups -OCH3 is 1. The molecule has 0 saturated carbocycles. The van der Waals surface area contributed by atoms with Gasteiger partial charge in [0, 0.05) is 0 Å². The lowest BCUT2D eigenvalue weighted by molar-refractivity contribution is -0.114. The number of esters is 1. The molecule has 11 heteroatoms. The molecule has 3 aromatic rings. The Bertz CT molecular complexity index is 1430. The van der Waals surface area contributed by atoms with Crippen molar-refractivity contribution in [2.45, 2.75) is 0 Å². The fraction of sp³-hybridized carbons (Fsp3) is 0.0800. The first kappa shape index (κ1) is 23.5. The molecule has 180 valence electrons. The zero-order valence-corrected chi connectivity index (χ0v) is 20.5. The van der Waals surface area contributed by atoms with Gasteiger partial charge >= 0.3 is 5.97 Å². The van der Waals surface area contributed by atoms with E-state index in [1.807, 2.05) is 30.3 Å². The van der Waals surface area contributed by atoms with Gasteiger partial charge in [-0.15, -0.1) is 11.3 Å². The van der Waals surface area contributed by atoms with Gasteiger partial charge in [0.25, 0.3) is 5.91 Å². The molecule has 0 spiro atoms. The average Bonchev–Trinajstić information content (AvgIpc) is 3.57. The van der Waals surface area contributed by atoms with Crippen molar-refractivity contribution in [2.75, 3.05) is 13.7 Å². The Morgan fingerprint density at radius 3 is 2.69 bits per heavy atom. The summed E-state index contributed by atoms with van der Waals surface area (Å²) >= 11 is 2.46. The van der Waals surface area contributed by atoms with Gasteiger partial charge < -0.3 is 14.2 Å². The average molecular weight is 519 g/mol. The molecule has 0 saturated heterocycles. The van der Waals surface area contributed by atoms with Crippen molar-refractivity contribution in [3.05, 3.63) is 82.1 Å². The quantitative estimate of drug-likeness (QED) is 0.275. The molecule has 2 aliphatic rings. The monoisotopic (exact) mass is 518 g/mol. The van der Waals surface area contributed by atoms with E-state index in [0.29, 0.717) is 32.2 Å². The molecule has 2 aliphatic heterocycles. The van der Waals surface area contributed by atoms with Crippen molar-refractivity contribution in [3.8, 4) is 17.2 Å². The van der Waals surface area contributed by atoms with Crippen molar-refractivity contribution >= 4 is 57.1 Å². The van der Waals surface area contributed by atoms with Gasteiger partial charge in [-0.3, -0.25) is 10.2 Å². The van der Waals surface area contributed by atoms with Crippen LogP contribution in [-0.2, 0) is 4.79 Å². The van der Waals surface area contributed by atoms with Crippen molar-refractivity contribution < 1.29 is 23.8 Å². The second-order valence-electron chi connectivity index (χ2n) is 7.39. The molecule has 0 unspecified atom stereocenters. The number of benzene rings is 2. The van der Waals surface area contributed by atoms with Crippen molar-refractivity contribution in [2.24, 2.45) is 10.1 Å². The van der Waals surface area contributed by atoms with Crippen LogP contribution in [0.15, 0.2) is 81.7 Å². The number of carbonyl (C=O) groups excluding carboxylic acids is 2. The molecule has 0 radical (unpaired) electrons. The maximum Gasteiger partial charge on any atom is 0.353 e. The molecular weight excluding hydrogens is 500 g/mol. The number of hydrogen-bond donors (Lipinski definition) is 1. The van der Waals surface area contributed by atoms with E-state index in [-0.39, 0.29) is 23.8 Å². The number of para-hydroxylation sites is 1. The van der Waals surface area contributed by atoms with Crippen LogP contribution in [0.1, 0.15) is 15.2 Å². The SMILES string of the molecule is COc1cc(/C=C2\C(=N)N3N=C(COc4ccccc4)SC3=NC2=O)ccc1OC(=O)c1cccs1. The highest BCUT2D eigenvalue weighted by Crippen LogP contribution is 2.32. The zero-order chi connectivity index (χ0) is 25.1. The van der Waals surface area contributed by atoms with Crippen LogP contribution in [0.5, 0.6) is 17.2 Å². The first-order valence-corrected chi connectivity index (χ1v) is 12.3. The summed E-state index contributed by atoms with van der Waals surface area (Å²) < 4.78 is 16.5. The Labute approximate surface area is 214 Å². The number of aliphatic imine (C=N–C) groups is 1. The van der Waals surface area contributed by atoms with Gasteiger partial charge in [-0.1, -0.05) is 30.3 Å². The smallest absolute Gasteiger partial charge is 0.353 e. The normalized spacial score (nSPS) is 15.9. The predicted octanol–water partition coefficient (Wildman–Crippen LogP) is 4.67. The highest BCUT2D eigenvalue weighted by Gasteiger charge is 2.35. The fourth-order valence-electron chi connectivity index (χ4n) is 3.32. The fourth-order valence-corrected chi connectivity index (χ4v) is 4.72. The van der Waals surface area contributed by atoms with E-state index in [2.05, 4.69) is 10.1 Å². The number of thiophene rings is 1. The number of hydrogen-bond acceptors (Lipinski definition) is 9. The molecule has 1 N–H and O–H groups in total. The third-order valence-electron chi connectivity index (χ3n) is 5.03. The van der Waals surface area contributed by atoms with E-state index in [1.54, 1.807) is 35.7 Å². The van der Waals surface area contributed by atoms with E-state index in [4.69, 9.17) is 19.6 Å². The van der Waals surface area contributed by atoms with E-state index in [9.17, 15) is 9.59 Å². The number of amidine groups is 2. The van der Waals surface area contributed by atoms with Crippen LogP contribution in [0.2, 0.25) is 0 Å². The minimum absolute atomic E-state index is 0.0683. The Hall–Kier alpha value is -4.22. The van der Waals surface area contributed by atoms with Crippen molar-refractivity contribution in [1.82, 2.24) is 5.01 Å². The lowest BCUT2D eigenvalue weighted by Crippen LogP contribution is -2.35. The molecule has 3 heterocycles. The molecule has 2 aromatic carbocycles. The molecule has 1 amide bonds. The summed E-state index contributed by atoms with van der Waals surface area (Å²) in [6.07, 6.45) is 1.52. The lowest BCUT2D eigenvalue weighted by atomic mass is 10.1. The number of carbonyl (C=O) groups is 2. The molecular formula is C25H18N4O5S2. The van der Waals surface area contributed by atoms with E-state index >= 15 is 0 Å². The first-order valence-electron chi connectivity index (χ1n) is 10.6. The highest BCUT2D eigenvalue weighted by atomic mass is 32.2. The van der Waals surface area contributed by atoms with Crippen molar-refractivity contribution in [3.63, 3.8) is 0 Å². The van der Waals surface area contributed by atoms with E-state index in [1.165, 1.54) is 41.3 Å². The number of fused-ring (bicyclic) bond motifs is 1. The summed E-state index contributed by atoms with van der Waals surface area (Å²) in [4.78, 5) is 29.6. The molecule has 0 aliphatic carbocycles. The lowest BCUT2D eigenvalue weighted by Gasteiger charge is -2.20. The summed E-state index contributed by atoms with van der Waals surface area (Å²) in [6.45, 7) is 0.188. The van der Waals surface area contributed by atoms with Crippen molar-refractivity contribution in [1.29, 1.82) is 5.41 Å². The largest absolute Gasteiger partial charge is 0.493 e. The molecule has 0 fully saturated rings. The number of nitrogens with one attached hydrogen (secondary N) is 1. The minimum Gasteiger partial charge on any atom is -0.493 e. The summed E-state index contributed by atoms with van der Waals surface area (Å²) in [6, 6.07) is 17.6. The number of hydrazone groups is 1. The number of rotatable bonds is 7. The predicted molar refractivity (Wildman–Crippen MR) is 139 cm³/mol. The molecule has 1 aromatic heterocycles. The van der Waals surface area contributed by atoms with E-state index in [0.717, 1.165) is 0 Å². The van der Waals surface area contributed by atoms with Gasteiger partial charge in [-0.2, -0.15) is 15.1 Å². The van der Waals surface area contributed by atoms with Gasteiger partial charge in [-0.05, 0) is 59.1 Å². The topological polar surface area (TPSA) is 114 Å². The minimum atomic E-state index is -0.550. The second-order valence-corrected chi connectivity index (χ2v) is 9.38. The van der Waals surface area contributed by atoms with Gasteiger partial charge in [0.1, 0.15) is 22.3 Å². The van der Waals surface area contributed by atoms with Crippen LogP contribution >= 0.6 is 23.1 Å². The number of nitrogens with zero attached hydrogens (tertiary/aromatic N) is 3. The third kappa shape index (κ3) is 4.92. The zero-order valence-electron chi connectivity index (χ0n) is 18.8. The van der Waals surface area contributed by atoms with Crippen LogP contribution in [0, 0.1) is 5.41 Å². The Morgan fingerprint density at radius 2 is 1.94 bits per heavy atom. The van der Waals surface area contributed by atoms with Gasteiger partial charge in [0.2, 0.25) is 5.17 Å². The number of thioether (sulfide) groups is 1. The van der Waals surface area contributed by atoms with Crippen LogP contribution in [0.4, 0.5) is 0 Å². The summed E-state index contributed by atoms with van der Waals surface area (Å²) in [5.41, 5.74) is 0.636. The van der Waals surface area contributed by atoms with Crippen LogP contribution in [0.3, 0.4) is 0 Å².